The van der Waals surface area contributed by atoms with E-state index >= 15 is 0 Å². The smallest absolute Gasteiger partial charge is 0.251 e. The van der Waals surface area contributed by atoms with Crippen LogP contribution in [0.15, 0.2) is 10.4 Å². The van der Waals surface area contributed by atoms with Crippen molar-refractivity contribution in [3.63, 3.8) is 0 Å². The van der Waals surface area contributed by atoms with Gasteiger partial charge >= 0.3 is 0 Å². The molecule has 1 aromatic heterocycles. The van der Waals surface area contributed by atoms with Crippen LogP contribution in [0.5, 0.6) is 0 Å². The van der Waals surface area contributed by atoms with Crippen LogP contribution in [0.4, 0.5) is 0 Å². The highest BCUT2D eigenvalue weighted by molar-refractivity contribution is 7.91. The molecule has 0 radical (unpaired) electrons. The first-order chi connectivity index (χ1) is 8.97. The van der Waals surface area contributed by atoms with Crippen LogP contribution in [0, 0.1) is 6.92 Å². The first-order valence-electron chi connectivity index (χ1n) is 6.14. The summed E-state index contributed by atoms with van der Waals surface area (Å²) in [5.74, 6) is 0. The third-order valence-corrected chi connectivity index (χ3v) is 5.99. The van der Waals surface area contributed by atoms with E-state index in [-0.39, 0.29) is 9.75 Å². The summed E-state index contributed by atoms with van der Waals surface area (Å²) in [5, 5.41) is 4.08. The summed E-state index contributed by atoms with van der Waals surface area (Å²) < 4.78 is 32.4. The van der Waals surface area contributed by atoms with Gasteiger partial charge in [0.15, 0.2) is 4.21 Å². The summed E-state index contributed by atoms with van der Waals surface area (Å²) in [7, 11) is -1.85. The largest absolute Gasteiger partial charge is 0.383 e. The van der Waals surface area contributed by atoms with E-state index in [1.165, 1.54) is 17.5 Å². The standard InChI is InChI=1S/C11H19N3O3S2/c1-9-12-6-10(18-9)19(15,16)14-7-11(8-17-2)4-3-5-13-11/h6,13-14H,3-5,7-8H2,1-2H3. The third kappa shape index (κ3) is 3.51. The number of hydrogen-bond acceptors (Lipinski definition) is 6. The summed E-state index contributed by atoms with van der Waals surface area (Å²) in [6.45, 7) is 3.51. The average Bonchev–Trinajstić information content (AvgIpc) is 2.98. The highest BCUT2D eigenvalue weighted by Gasteiger charge is 2.35. The van der Waals surface area contributed by atoms with Gasteiger partial charge < -0.3 is 10.1 Å². The van der Waals surface area contributed by atoms with Crippen LogP contribution < -0.4 is 10.0 Å². The zero-order chi connectivity index (χ0) is 13.9. The van der Waals surface area contributed by atoms with E-state index < -0.39 is 10.0 Å². The Morgan fingerprint density at radius 3 is 2.95 bits per heavy atom. The number of nitrogens with zero attached hydrogens (tertiary/aromatic N) is 1. The SMILES string of the molecule is COCC1(CNS(=O)(=O)c2cnc(C)s2)CCCN1. The molecule has 2 rings (SSSR count). The van der Waals surface area contributed by atoms with Gasteiger partial charge in [-0.25, -0.2) is 18.1 Å². The lowest BCUT2D eigenvalue weighted by atomic mass is 9.99. The van der Waals surface area contributed by atoms with Crippen LogP contribution in [0.2, 0.25) is 0 Å². The quantitative estimate of drug-likeness (QED) is 0.800. The molecular formula is C11H19N3O3S2. The molecule has 0 amide bonds. The van der Waals surface area contributed by atoms with Gasteiger partial charge in [-0.1, -0.05) is 0 Å². The fourth-order valence-electron chi connectivity index (χ4n) is 2.24. The molecular weight excluding hydrogens is 286 g/mol. The van der Waals surface area contributed by atoms with E-state index in [1.54, 1.807) is 14.0 Å². The molecule has 0 spiro atoms. The lowest BCUT2D eigenvalue weighted by Gasteiger charge is -2.28. The second-order valence-corrected chi connectivity index (χ2v) is 8.00. The second-order valence-electron chi connectivity index (χ2n) is 4.77. The molecule has 1 unspecified atom stereocenters. The first-order valence-corrected chi connectivity index (χ1v) is 8.43. The van der Waals surface area contributed by atoms with Crippen molar-refractivity contribution in [2.75, 3.05) is 26.8 Å². The van der Waals surface area contributed by atoms with Gasteiger partial charge in [0.2, 0.25) is 0 Å². The number of nitrogens with one attached hydrogen (secondary N) is 2. The molecule has 1 saturated heterocycles. The summed E-state index contributed by atoms with van der Waals surface area (Å²) in [5.41, 5.74) is -0.290. The van der Waals surface area contributed by atoms with Crippen LogP contribution in [0.3, 0.4) is 0 Å². The van der Waals surface area contributed by atoms with E-state index in [0.29, 0.717) is 13.2 Å². The van der Waals surface area contributed by atoms with Crippen molar-refractivity contribution in [1.29, 1.82) is 0 Å². The average molecular weight is 305 g/mol. The van der Waals surface area contributed by atoms with Gasteiger partial charge in [-0.15, -0.1) is 11.3 Å². The third-order valence-electron chi connectivity index (χ3n) is 3.22. The van der Waals surface area contributed by atoms with Crippen molar-refractivity contribution < 1.29 is 13.2 Å². The molecule has 1 fully saturated rings. The van der Waals surface area contributed by atoms with Gasteiger partial charge in [0.25, 0.3) is 10.0 Å². The molecule has 2 N–H and O–H groups in total. The molecule has 1 aliphatic heterocycles. The maximum Gasteiger partial charge on any atom is 0.251 e. The number of aryl methyl sites for hydroxylation is 1. The zero-order valence-corrected chi connectivity index (χ0v) is 12.7. The lowest BCUT2D eigenvalue weighted by Crippen LogP contribution is -2.52. The number of rotatable bonds is 6. The molecule has 1 aliphatic rings. The van der Waals surface area contributed by atoms with E-state index in [0.717, 1.165) is 24.4 Å². The Balaban J connectivity index is 2.04. The van der Waals surface area contributed by atoms with E-state index in [9.17, 15) is 8.42 Å². The fraction of sp³-hybridized carbons (Fsp3) is 0.727. The molecule has 108 valence electrons. The van der Waals surface area contributed by atoms with Gasteiger partial charge in [0, 0.05) is 13.7 Å². The minimum atomic E-state index is -3.47. The predicted molar refractivity (Wildman–Crippen MR) is 73.9 cm³/mol. The normalized spacial score (nSPS) is 23.9. The molecule has 1 atom stereocenters. The maximum absolute atomic E-state index is 12.1. The number of hydrogen-bond donors (Lipinski definition) is 2. The minimum absolute atomic E-state index is 0.260. The van der Waals surface area contributed by atoms with Gasteiger partial charge in [0.1, 0.15) is 0 Å². The zero-order valence-electron chi connectivity index (χ0n) is 11.1. The highest BCUT2D eigenvalue weighted by atomic mass is 32.2. The molecule has 1 aromatic rings. The molecule has 0 aromatic carbocycles. The molecule has 8 heteroatoms. The van der Waals surface area contributed by atoms with Crippen molar-refractivity contribution in [3.05, 3.63) is 11.2 Å². The topological polar surface area (TPSA) is 80.3 Å². The maximum atomic E-state index is 12.1. The number of aromatic nitrogens is 1. The van der Waals surface area contributed by atoms with Gasteiger partial charge in [-0.3, -0.25) is 0 Å². The van der Waals surface area contributed by atoms with Crippen molar-refractivity contribution in [2.45, 2.75) is 29.5 Å². The van der Waals surface area contributed by atoms with Crippen LogP contribution in [0.25, 0.3) is 0 Å². The Morgan fingerprint density at radius 2 is 2.42 bits per heavy atom. The highest BCUT2D eigenvalue weighted by Crippen LogP contribution is 2.21. The van der Waals surface area contributed by atoms with Crippen LogP contribution >= 0.6 is 11.3 Å². The summed E-state index contributed by atoms with van der Waals surface area (Å²) >= 11 is 1.18. The first kappa shape index (κ1) is 14.9. The fourth-order valence-corrected chi connectivity index (χ4v) is 4.52. The van der Waals surface area contributed by atoms with Crippen molar-refractivity contribution >= 4 is 21.4 Å². The second kappa shape index (κ2) is 5.84. The van der Waals surface area contributed by atoms with E-state index in [4.69, 9.17) is 4.74 Å². The summed E-state index contributed by atoms with van der Waals surface area (Å²) in [6.07, 6.45) is 3.34. The Kier molecular flexibility index (Phi) is 4.57. The molecule has 0 bridgehead atoms. The van der Waals surface area contributed by atoms with Crippen LogP contribution in [-0.2, 0) is 14.8 Å². The molecule has 0 saturated carbocycles. The van der Waals surface area contributed by atoms with E-state index in [2.05, 4.69) is 15.0 Å². The van der Waals surface area contributed by atoms with Crippen LogP contribution in [0.1, 0.15) is 17.8 Å². The Morgan fingerprint density at radius 1 is 1.63 bits per heavy atom. The molecule has 19 heavy (non-hydrogen) atoms. The molecule has 2 heterocycles. The summed E-state index contributed by atoms with van der Waals surface area (Å²) in [4.78, 5) is 3.98. The monoisotopic (exact) mass is 305 g/mol. The Hall–Kier alpha value is -0.540. The van der Waals surface area contributed by atoms with Crippen LogP contribution in [-0.4, -0.2) is 45.7 Å². The van der Waals surface area contributed by atoms with Crippen molar-refractivity contribution in [2.24, 2.45) is 0 Å². The van der Waals surface area contributed by atoms with Crippen molar-refractivity contribution in [3.8, 4) is 0 Å². The van der Waals surface area contributed by atoms with Gasteiger partial charge in [-0.2, -0.15) is 0 Å². The number of methoxy groups -OCH3 is 1. The molecule has 0 aliphatic carbocycles. The predicted octanol–water partition coefficient (Wildman–Crippen LogP) is 0.498. The van der Waals surface area contributed by atoms with Gasteiger partial charge in [-0.05, 0) is 26.3 Å². The van der Waals surface area contributed by atoms with Crippen molar-refractivity contribution in [1.82, 2.24) is 15.0 Å². The molecule has 6 nitrogen and oxygen atoms in total. The Labute approximate surface area is 117 Å². The summed E-state index contributed by atoms with van der Waals surface area (Å²) in [6, 6.07) is 0. The van der Waals surface area contributed by atoms with E-state index in [1.807, 2.05) is 0 Å². The Bertz CT molecular complexity index is 521. The minimum Gasteiger partial charge on any atom is -0.383 e. The number of thiazole rings is 1. The van der Waals surface area contributed by atoms with Gasteiger partial charge in [0.05, 0.1) is 23.4 Å². The lowest BCUT2D eigenvalue weighted by molar-refractivity contribution is 0.122. The number of ether oxygens (including phenoxy) is 1. The number of sulfonamides is 1.